The average molecular weight is 441 g/mol. The molecule has 2 amide bonds. The molecule has 1 aromatic carbocycles. The molecule has 4 rings (SSSR count). The molecule has 0 saturated heterocycles. The first-order chi connectivity index (χ1) is 14.8. The summed E-state index contributed by atoms with van der Waals surface area (Å²) in [6.07, 6.45) is 2.86. The molecule has 1 fully saturated rings. The summed E-state index contributed by atoms with van der Waals surface area (Å²) in [7, 11) is 0. The predicted octanol–water partition coefficient (Wildman–Crippen LogP) is 4.52. The second kappa shape index (κ2) is 9.03. The fourth-order valence-electron chi connectivity index (χ4n) is 4.35. The minimum atomic E-state index is -0.126. The number of carbonyl (C=O) groups is 2. The van der Waals surface area contributed by atoms with Crippen LogP contribution in [0.25, 0.3) is 0 Å². The lowest BCUT2D eigenvalue weighted by Crippen LogP contribution is -2.49. The summed E-state index contributed by atoms with van der Waals surface area (Å²) in [6, 6.07) is 8.38. The van der Waals surface area contributed by atoms with Crippen molar-refractivity contribution in [2.24, 2.45) is 5.92 Å². The Labute approximate surface area is 189 Å². The molecule has 2 aromatic rings. The van der Waals surface area contributed by atoms with E-state index < -0.39 is 0 Å². The zero-order valence-electron chi connectivity index (χ0n) is 18.9. The number of hydrogen-bond acceptors (Lipinski definition) is 4. The molecular weight excluding hydrogens is 408 g/mol. The number of thiophene rings is 1. The molecule has 6 heteroatoms. The van der Waals surface area contributed by atoms with E-state index in [2.05, 4.69) is 24.4 Å². The summed E-state index contributed by atoms with van der Waals surface area (Å²) in [5.41, 5.74) is 3.48. The van der Waals surface area contributed by atoms with Gasteiger partial charge in [0, 0.05) is 23.4 Å². The van der Waals surface area contributed by atoms with E-state index in [0.29, 0.717) is 13.2 Å². The Hall–Kier alpha value is -2.34. The van der Waals surface area contributed by atoms with Gasteiger partial charge in [-0.05, 0) is 61.7 Å². The van der Waals surface area contributed by atoms with E-state index in [1.165, 1.54) is 16.0 Å². The van der Waals surface area contributed by atoms with Gasteiger partial charge in [-0.3, -0.25) is 9.59 Å². The van der Waals surface area contributed by atoms with Crippen LogP contribution in [0.1, 0.15) is 54.3 Å². The van der Waals surface area contributed by atoms with Gasteiger partial charge in [0.1, 0.15) is 18.9 Å². The number of aryl methyl sites for hydroxylation is 2. The highest BCUT2D eigenvalue weighted by atomic mass is 32.1. The third-order valence-electron chi connectivity index (χ3n) is 6.21. The van der Waals surface area contributed by atoms with Crippen LogP contribution in [0.5, 0.6) is 5.75 Å². The SMILES string of the molecule is Cc1ccc(OCC2c3ccsc3CCN2C(=O)CN(C(=O)C(C)C)C2CC2)c(C)c1. The largest absolute Gasteiger partial charge is 0.491 e. The zero-order valence-corrected chi connectivity index (χ0v) is 19.7. The zero-order chi connectivity index (χ0) is 22.1. The lowest BCUT2D eigenvalue weighted by Gasteiger charge is -2.37. The first-order valence-electron chi connectivity index (χ1n) is 11.2. The molecule has 1 atom stereocenters. The van der Waals surface area contributed by atoms with E-state index in [4.69, 9.17) is 4.74 Å². The Bertz CT molecular complexity index is 963. The number of ether oxygens (including phenoxy) is 1. The third kappa shape index (κ3) is 4.79. The number of amides is 2. The van der Waals surface area contributed by atoms with E-state index in [9.17, 15) is 9.59 Å². The van der Waals surface area contributed by atoms with Gasteiger partial charge >= 0.3 is 0 Å². The summed E-state index contributed by atoms with van der Waals surface area (Å²) in [6.45, 7) is 9.18. The van der Waals surface area contributed by atoms with Crippen LogP contribution in [0.4, 0.5) is 0 Å². The summed E-state index contributed by atoms with van der Waals surface area (Å²) in [5, 5.41) is 2.10. The molecule has 5 nitrogen and oxygen atoms in total. The van der Waals surface area contributed by atoms with Crippen LogP contribution in [0.2, 0.25) is 0 Å². The van der Waals surface area contributed by atoms with Gasteiger partial charge in [0.15, 0.2) is 0 Å². The van der Waals surface area contributed by atoms with Crippen LogP contribution in [0.15, 0.2) is 29.6 Å². The van der Waals surface area contributed by atoms with Crippen molar-refractivity contribution in [1.82, 2.24) is 9.80 Å². The van der Waals surface area contributed by atoms with Gasteiger partial charge in [0.05, 0.1) is 6.04 Å². The molecule has 31 heavy (non-hydrogen) atoms. The van der Waals surface area contributed by atoms with Crippen LogP contribution < -0.4 is 4.74 Å². The van der Waals surface area contributed by atoms with Crippen molar-refractivity contribution in [3.05, 3.63) is 51.2 Å². The molecule has 1 aromatic heterocycles. The maximum Gasteiger partial charge on any atom is 0.242 e. The normalized spacial score (nSPS) is 18.1. The van der Waals surface area contributed by atoms with Gasteiger partial charge in [0.25, 0.3) is 0 Å². The second-order valence-corrected chi connectivity index (χ2v) is 10.1. The molecule has 1 aliphatic heterocycles. The molecule has 1 saturated carbocycles. The van der Waals surface area contributed by atoms with Crippen molar-refractivity contribution >= 4 is 23.2 Å². The van der Waals surface area contributed by atoms with Gasteiger partial charge in [-0.2, -0.15) is 0 Å². The van der Waals surface area contributed by atoms with Crippen LogP contribution in [0, 0.1) is 19.8 Å². The third-order valence-corrected chi connectivity index (χ3v) is 7.21. The number of rotatable bonds is 7. The van der Waals surface area contributed by atoms with Crippen molar-refractivity contribution in [3.8, 4) is 5.75 Å². The van der Waals surface area contributed by atoms with Gasteiger partial charge in [0.2, 0.25) is 11.8 Å². The molecular formula is C25H32N2O3S. The summed E-state index contributed by atoms with van der Waals surface area (Å²) in [5.74, 6) is 0.857. The van der Waals surface area contributed by atoms with Crippen molar-refractivity contribution < 1.29 is 14.3 Å². The smallest absolute Gasteiger partial charge is 0.242 e. The highest BCUT2D eigenvalue weighted by Gasteiger charge is 2.38. The van der Waals surface area contributed by atoms with Crippen LogP contribution in [-0.4, -0.2) is 47.4 Å². The molecule has 0 N–H and O–H groups in total. The lowest BCUT2D eigenvalue weighted by molar-refractivity contribution is -0.144. The Morgan fingerprint density at radius 1 is 1.23 bits per heavy atom. The van der Waals surface area contributed by atoms with E-state index in [-0.39, 0.29) is 36.4 Å². The molecule has 166 valence electrons. The Morgan fingerprint density at radius 2 is 2.00 bits per heavy atom. The quantitative estimate of drug-likeness (QED) is 0.636. The number of benzene rings is 1. The maximum absolute atomic E-state index is 13.4. The van der Waals surface area contributed by atoms with Crippen molar-refractivity contribution in [3.63, 3.8) is 0 Å². The van der Waals surface area contributed by atoms with Crippen LogP contribution >= 0.6 is 11.3 Å². The van der Waals surface area contributed by atoms with Gasteiger partial charge in [-0.15, -0.1) is 11.3 Å². The summed E-state index contributed by atoms with van der Waals surface area (Å²) in [4.78, 5) is 31.2. The second-order valence-electron chi connectivity index (χ2n) is 9.08. The molecule has 2 aliphatic rings. The minimum absolute atomic E-state index is 0.0204. The monoisotopic (exact) mass is 440 g/mol. The standard InChI is InChI=1S/C25H32N2O3S/c1-16(2)25(29)27(19-6-7-19)14-24(28)26-11-9-23-20(10-12-31-23)21(26)15-30-22-8-5-17(3)13-18(22)4/h5,8,10,12-13,16,19,21H,6-7,9,11,14-15H2,1-4H3. The molecule has 2 heterocycles. The van der Waals surface area contributed by atoms with Crippen LogP contribution in [0.3, 0.4) is 0 Å². The van der Waals surface area contributed by atoms with E-state index in [0.717, 1.165) is 30.6 Å². The topological polar surface area (TPSA) is 49.9 Å². The highest BCUT2D eigenvalue weighted by molar-refractivity contribution is 7.10. The van der Waals surface area contributed by atoms with Gasteiger partial charge in [-0.1, -0.05) is 31.5 Å². The molecule has 0 spiro atoms. The fraction of sp³-hybridized carbons (Fsp3) is 0.520. The predicted molar refractivity (Wildman–Crippen MR) is 123 cm³/mol. The summed E-state index contributed by atoms with van der Waals surface area (Å²) < 4.78 is 6.22. The minimum Gasteiger partial charge on any atom is -0.491 e. The Balaban J connectivity index is 1.52. The fourth-order valence-corrected chi connectivity index (χ4v) is 5.27. The van der Waals surface area contributed by atoms with Crippen molar-refractivity contribution in [1.29, 1.82) is 0 Å². The van der Waals surface area contributed by atoms with Crippen LogP contribution in [-0.2, 0) is 16.0 Å². The van der Waals surface area contributed by atoms with Gasteiger partial charge < -0.3 is 14.5 Å². The highest BCUT2D eigenvalue weighted by Crippen LogP contribution is 2.35. The van der Waals surface area contributed by atoms with E-state index in [1.807, 2.05) is 37.8 Å². The number of fused-ring (bicyclic) bond motifs is 1. The number of carbonyl (C=O) groups excluding carboxylic acids is 2. The molecule has 0 bridgehead atoms. The molecule has 1 unspecified atom stereocenters. The van der Waals surface area contributed by atoms with Gasteiger partial charge in [-0.25, -0.2) is 0 Å². The maximum atomic E-state index is 13.4. The summed E-state index contributed by atoms with van der Waals surface area (Å²) >= 11 is 1.75. The molecule has 0 radical (unpaired) electrons. The number of nitrogens with zero attached hydrogens (tertiary/aromatic N) is 2. The average Bonchev–Trinajstić information content (AvgIpc) is 3.46. The Morgan fingerprint density at radius 3 is 2.68 bits per heavy atom. The first-order valence-corrected chi connectivity index (χ1v) is 12.1. The lowest BCUT2D eigenvalue weighted by atomic mass is 10.00. The Kier molecular flexibility index (Phi) is 6.37. The van der Waals surface area contributed by atoms with Crippen molar-refractivity contribution in [2.45, 2.75) is 59.0 Å². The molecule has 1 aliphatic carbocycles. The van der Waals surface area contributed by atoms with E-state index in [1.54, 1.807) is 16.2 Å². The van der Waals surface area contributed by atoms with E-state index >= 15 is 0 Å². The van der Waals surface area contributed by atoms with Crippen molar-refractivity contribution in [2.75, 3.05) is 19.7 Å². The number of hydrogen-bond donors (Lipinski definition) is 0. The first kappa shape index (κ1) is 21.9.